The van der Waals surface area contributed by atoms with Crippen LogP contribution in [-0.2, 0) is 6.54 Å². The fourth-order valence-electron chi connectivity index (χ4n) is 2.58. The summed E-state index contributed by atoms with van der Waals surface area (Å²) in [6.07, 6.45) is 0. The molecule has 4 nitrogen and oxygen atoms in total. The first-order valence-corrected chi connectivity index (χ1v) is 8.84. The van der Waals surface area contributed by atoms with E-state index in [9.17, 15) is 4.79 Å². The van der Waals surface area contributed by atoms with E-state index < -0.39 is 0 Å². The van der Waals surface area contributed by atoms with E-state index in [1.807, 2.05) is 53.9 Å². The number of nitrogens with zero attached hydrogens (tertiary/aromatic N) is 3. The van der Waals surface area contributed by atoms with Gasteiger partial charge in [-0.1, -0.05) is 41.9 Å². The predicted octanol–water partition coefficient (Wildman–Crippen LogP) is 3.08. The highest BCUT2D eigenvalue weighted by Gasteiger charge is 2.26. The smallest absolute Gasteiger partial charge is 0.258 e. The Labute approximate surface area is 139 Å². The third-order valence-electron chi connectivity index (χ3n) is 3.75. The van der Waals surface area contributed by atoms with Crippen LogP contribution in [0, 0.1) is 6.92 Å². The molecule has 6 heteroatoms. The van der Waals surface area contributed by atoms with Gasteiger partial charge in [0.05, 0.1) is 17.8 Å². The first-order valence-electron chi connectivity index (χ1n) is 7.30. The Kier molecular flexibility index (Phi) is 4.74. The van der Waals surface area contributed by atoms with Gasteiger partial charge in [0.15, 0.2) is 0 Å². The van der Waals surface area contributed by atoms with Crippen LogP contribution in [0.3, 0.4) is 0 Å². The van der Waals surface area contributed by atoms with Gasteiger partial charge in [-0.25, -0.2) is 4.68 Å². The molecule has 2 aromatic rings. The highest BCUT2D eigenvalue weighted by atomic mass is 35.5. The van der Waals surface area contributed by atoms with Gasteiger partial charge in [0.2, 0.25) is 0 Å². The van der Waals surface area contributed by atoms with E-state index in [1.165, 1.54) is 0 Å². The predicted molar refractivity (Wildman–Crippen MR) is 90.7 cm³/mol. The molecule has 1 saturated heterocycles. The average molecular weight is 336 g/mol. The molecule has 116 valence electrons. The maximum absolute atomic E-state index is 12.7. The third kappa shape index (κ3) is 3.15. The monoisotopic (exact) mass is 335 g/mol. The van der Waals surface area contributed by atoms with Crippen LogP contribution in [0.5, 0.6) is 0 Å². The molecule has 2 heterocycles. The number of aryl methyl sites for hydroxylation is 1. The molecule has 1 aliphatic heterocycles. The molecule has 1 aromatic carbocycles. The minimum atomic E-state index is 0.00196. The van der Waals surface area contributed by atoms with Gasteiger partial charge < -0.3 is 4.90 Å². The molecule has 0 bridgehead atoms. The van der Waals surface area contributed by atoms with Crippen molar-refractivity contribution in [2.24, 2.45) is 0 Å². The standard InChI is InChI=1S/C16H18ClN3OS/c1-12-14(16(21)19-7-9-22-10-8-19)15(17)20(18-12)11-13-5-3-2-4-6-13/h2-6H,7-11H2,1H3. The Morgan fingerprint density at radius 3 is 2.64 bits per heavy atom. The van der Waals surface area contributed by atoms with Crippen molar-refractivity contribution in [2.45, 2.75) is 13.5 Å². The van der Waals surface area contributed by atoms with E-state index >= 15 is 0 Å². The first kappa shape index (κ1) is 15.4. The molecule has 0 saturated carbocycles. The Bertz CT molecular complexity index is 666. The van der Waals surface area contributed by atoms with E-state index in [4.69, 9.17) is 11.6 Å². The molecule has 3 rings (SSSR count). The third-order valence-corrected chi connectivity index (χ3v) is 5.08. The summed E-state index contributed by atoms with van der Waals surface area (Å²) in [5.41, 5.74) is 2.36. The summed E-state index contributed by atoms with van der Waals surface area (Å²) in [5.74, 6) is 1.98. The van der Waals surface area contributed by atoms with Crippen LogP contribution in [0.1, 0.15) is 21.6 Å². The van der Waals surface area contributed by atoms with E-state index in [0.29, 0.717) is 23.0 Å². The lowest BCUT2D eigenvalue weighted by Gasteiger charge is -2.26. The van der Waals surface area contributed by atoms with Gasteiger partial charge in [-0.15, -0.1) is 0 Å². The van der Waals surface area contributed by atoms with Gasteiger partial charge in [-0.3, -0.25) is 4.79 Å². The molecule has 1 aliphatic rings. The second kappa shape index (κ2) is 6.75. The van der Waals surface area contributed by atoms with Crippen LogP contribution in [0.4, 0.5) is 0 Å². The first-order chi connectivity index (χ1) is 10.7. The maximum Gasteiger partial charge on any atom is 0.258 e. The van der Waals surface area contributed by atoms with Crippen LogP contribution in [0.15, 0.2) is 30.3 Å². The van der Waals surface area contributed by atoms with E-state index in [2.05, 4.69) is 5.10 Å². The Hall–Kier alpha value is -1.46. The molecular weight excluding hydrogens is 318 g/mol. The number of aromatic nitrogens is 2. The lowest BCUT2D eigenvalue weighted by Crippen LogP contribution is -2.38. The molecule has 0 radical (unpaired) electrons. The number of hydrogen-bond acceptors (Lipinski definition) is 3. The number of hydrogen-bond donors (Lipinski definition) is 0. The fraction of sp³-hybridized carbons (Fsp3) is 0.375. The fourth-order valence-corrected chi connectivity index (χ4v) is 3.80. The minimum absolute atomic E-state index is 0.00196. The molecule has 0 N–H and O–H groups in total. The second-order valence-electron chi connectivity index (χ2n) is 5.30. The van der Waals surface area contributed by atoms with E-state index in [1.54, 1.807) is 4.68 Å². The highest BCUT2D eigenvalue weighted by molar-refractivity contribution is 7.99. The zero-order chi connectivity index (χ0) is 15.5. The lowest BCUT2D eigenvalue weighted by molar-refractivity contribution is 0.0771. The van der Waals surface area contributed by atoms with Gasteiger partial charge in [-0.05, 0) is 12.5 Å². The summed E-state index contributed by atoms with van der Waals surface area (Å²) in [5, 5.41) is 4.89. The quantitative estimate of drug-likeness (QED) is 0.865. The van der Waals surface area contributed by atoms with E-state index in [0.717, 1.165) is 30.2 Å². The number of carbonyl (C=O) groups excluding carboxylic acids is 1. The number of rotatable bonds is 3. The molecule has 1 fully saturated rings. The number of thioether (sulfide) groups is 1. The zero-order valence-electron chi connectivity index (χ0n) is 12.5. The van der Waals surface area contributed by atoms with Crippen LogP contribution in [-0.4, -0.2) is 45.2 Å². The lowest BCUT2D eigenvalue weighted by atomic mass is 10.2. The van der Waals surface area contributed by atoms with E-state index in [-0.39, 0.29) is 5.91 Å². The molecule has 1 amide bonds. The molecule has 0 atom stereocenters. The van der Waals surface area contributed by atoms with Crippen molar-refractivity contribution in [1.82, 2.24) is 14.7 Å². The Morgan fingerprint density at radius 2 is 1.95 bits per heavy atom. The Morgan fingerprint density at radius 1 is 1.27 bits per heavy atom. The number of benzene rings is 1. The maximum atomic E-state index is 12.7. The summed E-state index contributed by atoms with van der Waals surface area (Å²) in [4.78, 5) is 14.6. The molecular formula is C16H18ClN3OS. The highest BCUT2D eigenvalue weighted by Crippen LogP contribution is 2.24. The zero-order valence-corrected chi connectivity index (χ0v) is 14.0. The van der Waals surface area contributed by atoms with Crippen molar-refractivity contribution in [3.05, 3.63) is 52.3 Å². The second-order valence-corrected chi connectivity index (χ2v) is 6.88. The van der Waals surface area contributed by atoms with Crippen LogP contribution < -0.4 is 0 Å². The number of amides is 1. The van der Waals surface area contributed by atoms with Crippen molar-refractivity contribution in [3.8, 4) is 0 Å². The van der Waals surface area contributed by atoms with Gasteiger partial charge in [0.1, 0.15) is 5.15 Å². The summed E-state index contributed by atoms with van der Waals surface area (Å²) >= 11 is 8.32. The molecule has 0 unspecified atom stereocenters. The number of halogens is 1. The molecule has 1 aromatic heterocycles. The summed E-state index contributed by atoms with van der Waals surface area (Å²) in [7, 11) is 0. The molecule has 0 spiro atoms. The summed E-state index contributed by atoms with van der Waals surface area (Å²) in [6, 6.07) is 9.99. The summed E-state index contributed by atoms with van der Waals surface area (Å²) in [6.45, 7) is 3.98. The van der Waals surface area contributed by atoms with Crippen LogP contribution in [0.2, 0.25) is 5.15 Å². The number of carbonyl (C=O) groups is 1. The van der Waals surface area contributed by atoms with Gasteiger partial charge >= 0.3 is 0 Å². The van der Waals surface area contributed by atoms with Crippen molar-refractivity contribution >= 4 is 29.3 Å². The molecule has 22 heavy (non-hydrogen) atoms. The normalized spacial score (nSPS) is 15.1. The average Bonchev–Trinajstić information content (AvgIpc) is 2.82. The van der Waals surface area contributed by atoms with Crippen molar-refractivity contribution in [1.29, 1.82) is 0 Å². The molecule has 0 aliphatic carbocycles. The van der Waals surface area contributed by atoms with Crippen molar-refractivity contribution in [2.75, 3.05) is 24.6 Å². The van der Waals surface area contributed by atoms with Crippen LogP contribution in [0.25, 0.3) is 0 Å². The van der Waals surface area contributed by atoms with Gasteiger partial charge in [0, 0.05) is 24.6 Å². The minimum Gasteiger partial charge on any atom is -0.337 e. The van der Waals surface area contributed by atoms with Crippen molar-refractivity contribution in [3.63, 3.8) is 0 Å². The van der Waals surface area contributed by atoms with Crippen LogP contribution >= 0.6 is 23.4 Å². The van der Waals surface area contributed by atoms with Gasteiger partial charge in [0.25, 0.3) is 5.91 Å². The topological polar surface area (TPSA) is 38.1 Å². The summed E-state index contributed by atoms with van der Waals surface area (Å²) < 4.78 is 1.71. The largest absolute Gasteiger partial charge is 0.337 e. The van der Waals surface area contributed by atoms with Crippen molar-refractivity contribution < 1.29 is 4.79 Å². The van der Waals surface area contributed by atoms with Gasteiger partial charge in [-0.2, -0.15) is 16.9 Å². The Balaban J connectivity index is 1.85. The SMILES string of the molecule is Cc1nn(Cc2ccccc2)c(Cl)c1C(=O)N1CCSCC1.